The zero-order chi connectivity index (χ0) is 29.4. The summed E-state index contributed by atoms with van der Waals surface area (Å²) in [6.07, 6.45) is 3.87. The van der Waals surface area contributed by atoms with E-state index in [0.717, 1.165) is 39.2 Å². The first kappa shape index (κ1) is 27.9. The van der Waals surface area contributed by atoms with Crippen LogP contribution in [0.1, 0.15) is 46.6 Å². The summed E-state index contributed by atoms with van der Waals surface area (Å²) in [5.41, 5.74) is 6.98. The van der Waals surface area contributed by atoms with Gasteiger partial charge in [-0.1, -0.05) is 36.4 Å². The number of piperazine rings is 1. The monoisotopic (exact) mass is 567 g/mol. The van der Waals surface area contributed by atoms with E-state index in [1.807, 2.05) is 60.4 Å². The molecule has 2 fully saturated rings. The molecule has 0 unspecified atom stereocenters. The lowest BCUT2D eigenvalue weighted by Crippen LogP contribution is -2.56. The number of nitrogens with one attached hydrogen (secondary N) is 3. The Morgan fingerprint density at radius 2 is 1.76 bits per heavy atom. The molecule has 3 aliphatic heterocycles. The highest BCUT2D eigenvalue weighted by molar-refractivity contribution is 6.36. The van der Waals surface area contributed by atoms with Crippen LogP contribution in [0.25, 0.3) is 22.8 Å². The van der Waals surface area contributed by atoms with E-state index < -0.39 is 0 Å². The molecule has 0 bridgehead atoms. The number of fused-ring (bicyclic) bond motifs is 1. The molecule has 3 aliphatic rings. The van der Waals surface area contributed by atoms with Crippen molar-refractivity contribution in [1.82, 2.24) is 20.1 Å². The van der Waals surface area contributed by atoms with Gasteiger partial charge in [-0.25, -0.2) is 0 Å². The molecule has 2 atom stereocenters. The summed E-state index contributed by atoms with van der Waals surface area (Å²) >= 11 is 0. The Hall–Kier alpha value is -4.21. The van der Waals surface area contributed by atoms with Gasteiger partial charge in [0.2, 0.25) is 5.91 Å². The van der Waals surface area contributed by atoms with E-state index in [1.165, 1.54) is 0 Å². The van der Waals surface area contributed by atoms with Gasteiger partial charge in [-0.05, 0) is 55.2 Å². The van der Waals surface area contributed by atoms with Crippen molar-refractivity contribution in [2.45, 2.75) is 39.3 Å². The molecule has 3 aromatic rings. The predicted molar refractivity (Wildman–Crippen MR) is 163 cm³/mol. The Kier molecular flexibility index (Phi) is 7.70. The first-order valence-corrected chi connectivity index (χ1v) is 14.6. The van der Waals surface area contributed by atoms with Gasteiger partial charge in [0.1, 0.15) is 0 Å². The Morgan fingerprint density at radius 3 is 2.52 bits per heavy atom. The van der Waals surface area contributed by atoms with Crippen LogP contribution in [0, 0.1) is 6.92 Å². The predicted octanol–water partition coefficient (Wildman–Crippen LogP) is 3.71. The Bertz CT molecular complexity index is 1560. The van der Waals surface area contributed by atoms with Crippen molar-refractivity contribution in [2.75, 3.05) is 44.7 Å². The van der Waals surface area contributed by atoms with Crippen LogP contribution in [0.2, 0.25) is 0 Å². The molecule has 3 amide bonds. The van der Waals surface area contributed by atoms with E-state index in [4.69, 9.17) is 4.74 Å². The standard InChI is InChI=1S/C33H37N5O4/c1-20-18-38(19-21(2)35-20)30(39)15-23-6-4-7-24(14-23)25-8-5-9-28-31(25)26(32(40)36-28)16-29-22(3)27(17-34-29)33(41)37-10-12-42-13-11-37/h4-9,14,16-17,20-21,34-35H,10-13,15,18-19H2,1-3H3,(H,36,40)/t20-,21+. The van der Waals surface area contributed by atoms with E-state index in [-0.39, 0.29) is 29.8 Å². The van der Waals surface area contributed by atoms with Gasteiger partial charge in [-0.2, -0.15) is 0 Å². The molecule has 4 heterocycles. The van der Waals surface area contributed by atoms with Crippen LogP contribution in [-0.2, 0) is 20.7 Å². The third-order valence-electron chi connectivity index (χ3n) is 8.33. The Morgan fingerprint density at radius 1 is 1.02 bits per heavy atom. The van der Waals surface area contributed by atoms with E-state index in [0.29, 0.717) is 57.0 Å². The highest BCUT2D eigenvalue weighted by Crippen LogP contribution is 2.41. The topological polar surface area (TPSA) is 107 Å². The van der Waals surface area contributed by atoms with Gasteiger partial charge in [-0.3, -0.25) is 14.4 Å². The molecule has 0 aliphatic carbocycles. The number of carbonyl (C=O) groups is 3. The zero-order valence-corrected chi connectivity index (χ0v) is 24.3. The van der Waals surface area contributed by atoms with Crippen molar-refractivity contribution in [3.8, 4) is 11.1 Å². The molecular weight excluding hydrogens is 530 g/mol. The van der Waals surface area contributed by atoms with E-state index >= 15 is 0 Å². The van der Waals surface area contributed by atoms with Crippen molar-refractivity contribution < 1.29 is 19.1 Å². The number of benzene rings is 2. The minimum atomic E-state index is -0.194. The van der Waals surface area contributed by atoms with Crippen LogP contribution in [-0.4, -0.2) is 84.0 Å². The maximum atomic E-state index is 13.2. The molecule has 42 heavy (non-hydrogen) atoms. The SMILES string of the molecule is Cc1c(C(=O)N2CCOCC2)c[nH]c1C=C1C(=O)Nc2cccc(-c3cccc(CC(=O)N4C[C@@H](C)N[C@@H](C)C4)c3)c21. The van der Waals surface area contributed by atoms with Gasteiger partial charge < -0.3 is 30.2 Å². The fourth-order valence-electron chi connectivity index (χ4n) is 6.26. The molecular formula is C33H37N5O4. The van der Waals surface area contributed by atoms with Gasteiger partial charge >= 0.3 is 0 Å². The Balaban J connectivity index is 1.29. The largest absolute Gasteiger partial charge is 0.378 e. The van der Waals surface area contributed by atoms with Crippen molar-refractivity contribution in [2.24, 2.45) is 0 Å². The number of carbonyl (C=O) groups excluding carboxylic acids is 3. The number of H-pyrrole nitrogens is 1. The van der Waals surface area contributed by atoms with Crippen LogP contribution in [0.5, 0.6) is 0 Å². The molecule has 0 saturated carbocycles. The van der Waals surface area contributed by atoms with Crippen LogP contribution in [0.15, 0.2) is 48.7 Å². The molecule has 218 valence electrons. The summed E-state index contributed by atoms with van der Waals surface area (Å²) in [7, 11) is 0. The smallest absolute Gasteiger partial charge is 0.256 e. The fraction of sp³-hybridized carbons (Fsp3) is 0.364. The first-order chi connectivity index (χ1) is 20.3. The normalized spacial score (nSPS) is 21.4. The number of aromatic nitrogens is 1. The lowest BCUT2D eigenvalue weighted by molar-refractivity contribution is -0.132. The van der Waals surface area contributed by atoms with Gasteiger partial charge in [0.25, 0.3) is 11.8 Å². The number of rotatable bonds is 5. The maximum absolute atomic E-state index is 13.2. The fourth-order valence-corrected chi connectivity index (χ4v) is 6.26. The maximum Gasteiger partial charge on any atom is 0.256 e. The number of aromatic amines is 1. The van der Waals surface area contributed by atoms with Crippen molar-refractivity contribution >= 4 is 35.1 Å². The second kappa shape index (κ2) is 11.6. The molecule has 0 spiro atoms. The average molecular weight is 568 g/mol. The highest BCUT2D eigenvalue weighted by atomic mass is 16.5. The average Bonchev–Trinajstić information content (AvgIpc) is 3.51. The molecule has 6 rings (SSSR count). The molecule has 9 nitrogen and oxygen atoms in total. The second-order valence-corrected chi connectivity index (χ2v) is 11.5. The number of anilines is 1. The summed E-state index contributed by atoms with van der Waals surface area (Å²) in [5, 5.41) is 6.47. The summed E-state index contributed by atoms with van der Waals surface area (Å²) in [4.78, 5) is 46.5. The van der Waals surface area contributed by atoms with E-state index in [9.17, 15) is 14.4 Å². The summed E-state index contributed by atoms with van der Waals surface area (Å²) in [6, 6.07) is 14.4. The molecule has 2 saturated heterocycles. The van der Waals surface area contributed by atoms with Gasteiger partial charge in [-0.15, -0.1) is 0 Å². The minimum Gasteiger partial charge on any atom is -0.378 e. The lowest BCUT2D eigenvalue weighted by atomic mass is 9.92. The number of nitrogens with zero attached hydrogens (tertiary/aromatic N) is 2. The van der Waals surface area contributed by atoms with E-state index in [2.05, 4.69) is 29.5 Å². The third kappa shape index (κ3) is 5.49. The number of ether oxygens (including phenoxy) is 1. The molecule has 3 N–H and O–H groups in total. The number of amides is 3. The van der Waals surface area contributed by atoms with E-state index in [1.54, 1.807) is 11.1 Å². The highest BCUT2D eigenvalue weighted by Gasteiger charge is 2.29. The molecule has 0 radical (unpaired) electrons. The van der Waals surface area contributed by atoms with Crippen LogP contribution < -0.4 is 10.6 Å². The van der Waals surface area contributed by atoms with Crippen LogP contribution in [0.4, 0.5) is 5.69 Å². The molecule has 2 aromatic carbocycles. The lowest BCUT2D eigenvalue weighted by Gasteiger charge is -2.36. The van der Waals surface area contributed by atoms with Crippen molar-refractivity contribution in [3.05, 3.63) is 76.6 Å². The summed E-state index contributed by atoms with van der Waals surface area (Å²) < 4.78 is 5.39. The number of hydrogen-bond acceptors (Lipinski definition) is 5. The quantitative estimate of drug-likeness (QED) is 0.408. The van der Waals surface area contributed by atoms with Gasteiger partial charge in [0.15, 0.2) is 0 Å². The second-order valence-electron chi connectivity index (χ2n) is 11.5. The van der Waals surface area contributed by atoms with Crippen LogP contribution >= 0.6 is 0 Å². The molecule has 9 heteroatoms. The third-order valence-corrected chi connectivity index (χ3v) is 8.33. The van der Waals surface area contributed by atoms with Gasteiger partial charge in [0.05, 0.1) is 30.8 Å². The minimum absolute atomic E-state index is 0.0373. The van der Waals surface area contributed by atoms with Gasteiger partial charge in [0, 0.05) is 61.4 Å². The number of hydrogen-bond donors (Lipinski definition) is 3. The zero-order valence-electron chi connectivity index (χ0n) is 24.3. The Labute approximate surface area is 245 Å². The summed E-state index contributed by atoms with van der Waals surface area (Å²) in [5.74, 6) is -0.113. The van der Waals surface area contributed by atoms with Crippen LogP contribution in [0.3, 0.4) is 0 Å². The molecule has 1 aromatic heterocycles. The van der Waals surface area contributed by atoms with Crippen molar-refractivity contribution in [3.63, 3.8) is 0 Å². The van der Waals surface area contributed by atoms with Crippen molar-refractivity contribution in [1.29, 1.82) is 0 Å². The summed E-state index contributed by atoms with van der Waals surface area (Å²) in [6.45, 7) is 9.72. The number of morpholine rings is 1. The first-order valence-electron chi connectivity index (χ1n) is 14.6.